The van der Waals surface area contributed by atoms with Crippen LogP contribution in [0.1, 0.15) is 15.9 Å². The molecule has 1 aliphatic heterocycles. The molecule has 0 saturated carbocycles. The predicted molar refractivity (Wildman–Crippen MR) is 118 cm³/mol. The fourth-order valence-corrected chi connectivity index (χ4v) is 2.95. The molecule has 0 radical (unpaired) electrons. The molecule has 2 aromatic carbocycles. The van der Waals surface area contributed by atoms with Crippen LogP contribution in [0.25, 0.3) is 0 Å². The van der Waals surface area contributed by atoms with Gasteiger partial charge in [0.25, 0.3) is 5.91 Å². The third-order valence-corrected chi connectivity index (χ3v) is 4.42. The van der Waals surface area contributed by atoms with E-state index in [0.29, 0.717) is 17.0 Å². The Morgan fingerprint density at radius 2 is 1.76 bits per heavy atom. The van der Waals surface area contributed by atoms with Gasteiger partial charge in [0.05, 0.1) is 0 Å². The number of anilines is 2. The molecule has 1 heterocycles. The van der Waals surface area contributed by atoms with Gasteiger partial charge in [-0.25, -0.2) is 4.79 Å². The van der Waals surface area contributed by atoms with E-state index in [-0.39, 0.29) is 30.7 Å². The monoisotopic (exact) mass is 441 g/mol. The quantitative estimate of drug-likeness (QED) is 0.638. The number of carboxylic acid groups (broad SMARTS) is 1. The van der Waals surface area contributed by atoms with E-state index in [4.69, 9.17) is 9.84 Å². The third-order valence-electron chi connectivity index (χ3n) is 4.42. The number of aliphatic carboxylic acids is 1. The van der Waals surface area contributed by atoms with Crippen molar-refractivity contribution in [2.45, 2.75) is 6.92 Å². The maximum atomic E-state index is 12.5. The Bertz CT molecular complexity index is 825. The number of benzene rings is 2. The Morgan fingerprint density at radius 1 is 1.10 bits per heavy atom. The molecule has 3 N–H and O–H groups in total. The minimum Gasteiger partial charge on any atom is -0.482 e. The molecule has 0 bridgehead atoms. The van der Waals surface area contributed by atoms with Crippen LogP contribution in [0.3, 0.4) is 0 Å². The fraction of sp³-hybridized carbons (Fsp3) is 0.300. The van der Waals surface area contributed by atoms with Crippen LogP contribution in [0.5, 0.6) is 5.75 Å². The highest BCUT2D eigenvalue weighted by Crippen LogP contribution is 2.22. The van der Waals surface area contributed by atoms with Crippen LogP contribution in [0, 0.1) is 6.92 Å². The van der Waals surface area contributed by atoms with Crippen molar-refractivity contribution in [1.82, 2.24) is 5.32 Å². The van der Waals surface area contributed by atoms with Crippen LogP contribution < -0.4 is 20.3 Å². The van der Waals surface area contributed by atoms with Gasteiger partial charge in [0.15, 0.2) is 6.61 Å². The number of hydrogen-bond donors (Lipinski definition) is 3. The van der Waals surface area contributed by atoms with Crippen LogP contribution >= 0.6 is 24.8 Å². The summed E-state index contributed by atoms with van der Waals surface area (Å²) in [5.41, 5.74) is 3.15. The number of carbonyl (C=O) groups excluding carboxylic acids is 1. The Morgan fingerprint density at radius 3 is 2.34 bits per heavy atom. The second kappa shape index (κ2) is 11.5. The lowest BCUT2D eigenvalue weighted by molar-refractivity contribution is -0.139. The van der Waals surface area contributed by atoms with Gasteiger partial charge in [-0.3, -0.25) is 4.79 Å². The molecule has 0 spiro atoms. The van der Waals surface area contributed by atoms with Crippen molar-refractivity contribution in [1.29, 1.82) is 0 Å². The highest BCUT2D eigenvalue weighted by Gasteiger charge is 2.12. The number of hydrogen-bond acceptors (Lipinski definition) is 5. The van der Waals surface area contributed by atoms with E-state index in [2.05, 4.69) is 15.5 Å². The second-order valence-electron chi connectivity index (χ2n) is 6.40. The van der Waals surface area contributed by atoms with Crippen molar-refractivity contribution >= 4 is 48.1 Å². The van der Waals surface area contributed by atoms with Gasteiger partial charge in [0.2, 0.25) is 0 Å². The number of aryl methyl sites for hydroxylation is 1. The number of amides is 1. The predicted octanol–water partition coefficient (Wildman–Crippen LogP) is 2.96. The minimum absolute atomic E-state index is 0. The zero-order valence-corrected chi connectivity index (χ0v) is 17.6. The van der Waals surface area contributed by atoms with E-state index < -0.39 is 12.6 Å². The summed E-state index contributed by atoms with van der Waals surface area (Å²) in [4.78, 5) is 25.4. The summed E-state index contributed by atoms with van der Waals surface area (Å²) in [6.45, 7) is 5.28. The number of nitrogens with zero attached hydrogens (tertiary/aromatic N) is 1. The number of carboxylic acids is 1. The maximum absolute atomic E-state index is 12.5. The first-order valence-electron chi connectivity index (χ1n) is 8.85. The van der Waals surface area contributed by atoms with Gasteiger partial charge in [0.1, 0.15) is 5.75 Å². The van der Waals surface area contributed by atoms with E-state index in [1.54, 1.807) is 18.2 Å². The van der Waals surface area contributed by atoms with Crippen molar-refractivity contribution in [2.75, 3.05) is 43.0 Å². The number of ether oxygens (including phenoxy) is 1. The summed E-state index contributed by atoms with van der Waals surface area (Å²) < 4.78 is 5.14. The lowest BCUT2D eigenvalue weighted by Gasteiger charge is -2.29. The molecule has 7 nitrogen and oxygen atoms in total. The van der Waals surface area contributed by atoms with Crippen LogP contribution in [0.2, 0.25) is 0 Å². The van der Waals surface area contributed by atoms with E-state index >= 15 is 0 Å². The van der Waals surface area contributed by atoms with Crippen LogP contribution in [0.4, 0.5) is 11.4 Å². The van der Waals surface area contributed by atoms with Crippen LogP contribution in [0.15, 0.2) is 42.5 Å². The Hall–Kier alpha value is -2.48. The summed E-state index contributed by atoms with van der Waals surface area (Å²) in [7, 11) is 0. The maximum Gasteiger partial charge on any atom is 0.341 e. The van der Waals surface area contributed by atoms with Gasteiger partial charge in [0, 0.05) is 43.1 Å². The molecule has 1 aliphatic rings. The molecule has 0 aromatic heterocycles. The number of carbonyl (C=O) groups is 2. The molecular weight excluding hydrogens is 417 g/mol. The second-order valence-corrected chi connectivity index (χ2v) is 6.40. The topological polar surface area (TPSA) is 90.9 Å². The molecule has 29 heavy (non-hydrogen) atoms. The van der Waals surface area contributed by atoms with Crippen molar-refractivity contribution in [2.24, 2.45) is 0 Å². The van der Waals surface area contributed by atoms with Gasteiger partial charge in [-0.05, 0) is 55.0 Å². The fourth-order valence-electron chi connectivity index (χ4n) is 2.95. The van der Waals surface area contributed by atoms with Crippen LogP contribution in [-0.4, -0.2) is 49.8 Å². The number of piperazine rings is 1. The summed E-state index contributed by atoms with van der Waals surface area (Å²) in [5.74, 6) is -0.772. The Kier molecular flexibility index (Phi) is 9.74. The highest BCUT2D eigenvalue weighted by molar-refractivity contribution is 6.04. The number of rotatable bonds is 6. The van der Waals surface area contributed by atoms with Gasteiger partial charge in [-0.15, -0.1) is 24.8 Å². The largest absolute Gasteiger partial charge is 0.482 e. The summed E-state index contributed by atoms with van der Waals surface area (Å²) in [6, 6.07) is 12.6. The van der Waals surface area contributed by atoms with Gasteiger partial charge < -0.3 is 25.4 Å². The highest BCUT2D eigenvalue weighted by atomic mass is 35.5. The van der Waals surface area contributed by atoms with E-state index in [1.807, 2.05) is 31.2 Å². The summed E-state index contributed by atoms with van der Waals surface area (Å²) in [6.07, 6.45) is 0. The smallest absolute Gasteiger partial charge is 0.341 e. The molecule has 1 amide bonds. The van der Waals surface area contributed by atoms with Gasteiger partial charge >= 0.3 is 5.97 Å². The lowest BCUT2D eigenvalue weighted by atomic mass is 10.1. The lowest BCUT2D eigenvalue weighted by Crippen LogP contribution is -2.43. The molecule has 0 unspecified atom stereocenters. The zero-order valence-electron chi connectivity index (χ0n) is 16.0. The number of halogens is 2. The van der Waals surface area contributed by atoms with Crippen LogP contribution in [-0.2, 0) is 4.79 Å². The average molecular weight is 442 g/mol. The summed E-state index contributed by atoms with van der Waals surface area (Å²) in [5, 5.41) is 14.9. The zero-order chi connectivity index (χ0) is 19.2. The molecule has 1 saturated heterocycles. The van der Waals surface area contributed by atoms with E-state index in [0.717, 1.165) is 37.4 Å². The standard InChI is InChI=1S/C20H23N3O4.2ClH/c1-14-12-17(27-13-19(24)25)6-7-18(14)22-20(26)15-2-4-16(5-3-15)23-10-8-21-9-11-23;;/h2-7,12,21H,8-11,13H2,1H3,(H,22,26)(H,24,25);2*1H. The van der Waals surface area contributed by atoms with Gasteiger partial charge in [-0.2, -0.15) is 0 Å². The Labute approximate surface area is 182 Å². The van der Waals surface area contributed by atoms with Crippen molar-refractivity contribution in [3.63, 3.8) is 0 Å². The molecule has 3 rings (SSSR count). The normalized spacial score (nSPS) is 12.9. The van der Waals surface area contributed by atoms with Crippen molar-refractivity contribution in [3.8, 4) is 5.75 Å². The Balaban J connectivity index is 0.00000210. The minimum atomic E-state index is -1.03. The first-order valence-corrected chi connectivity index (χ1v) is 8.85. The van der Waals surface area contributed by atoms with E-state index in [1.165, 1.54) is 0 Å². The molecule has 0 atom stereocenters. The van der Waals surface area contributed by atoms with Crippen molar-refractivity contribution in [3.05, 3.63) is 53.6 Å². The van der Waals surface area contributed by atoms with Crippen molar-refractivity contribution < 1.29 is 19.4 Å². The molecule has 2 aromatic rings. The molecule has 9 heteroatoms. The summed E-state index contributed by atoms with van der Waals surface area (Å²) >= 11 is 0. The first-order chi connectivity index (χ1) is 13.0. The third kappa shape index (κ3) is 6.81. The SMILES string of the molecule is Cc1cc(OCC(=O)O)ccc1NC(=O)c1ccc(N2CCNCC2)cc1.Cl.Cl. The van der Waals surface area contributed by atoms with Gasteiger partial charge in [-0.1, -0.05) is 0 Å². The molecular formula is C20H25Cl2N3O4. The number of nitrogens with one attached hydrogen (secondary N) is 2. The molecule has 0 aliphatic carbocycles. The molecule has 1 fully saturated rings. The van der Waals surface area contributed by atoms with E-state index in [9.17, 15) is 9.59 Å². The average Bonchev–Trinajstić information content (AvgIpc) is 2.69. The molecule has 158 valence electrons. The first kappa shape index (κ1) is 24.6.